The first-order chi connectivity index (χ1) is 11.6. The highest BCUT2D eigenvalue weighted by Gasteiger charge is 2.17. The van der Waals surface area contributed by atoms with Gasteiger partial charge in [0.05, 0.1) is 23.5 Å². The molecular formula is C19H23N3O2. The summed E-state index contributed by atoms with van der Waals surface area (Å²) in [6.07, 6.45) is 0.870. The van der Waals surface area contributed by atoms with Crippen molar-refractivity contribution < 1.29 is 9.94 Å². The smallest absolute Gasteiger partial charge is 0.130 e. The molecule has 0 aliphatic rings. The second-order valence-electron chi connectivity index (χ2n) is 6.00. The fourth-order valence-electron chi connectivity index (χ4n) is 3.35. The Morgan fingerprint density at radius 1 is 1.25 bits per heavy atom. The van der Waals surface area contributed by atoms with Crippen LogP contribution in [-0.4, -0.2) is 23.4 Å². The van der Waals surface area contributed by atoms with E-state index in [-0.39, 0.29) is 0 Å². The number of aryl methyl sites for hydroxylation is 3. The highest BCUT2D eigenvalue weighted by atomic mass is 16.5. The van der Waals surface area contributed by atoms with Crippen LogP contribution in [0.2, 0.25) is 0 Å². The summed E-state index contributed by atoms with van der Waals surface area (Å²) < 4.78 is 7.87. The van der Waals surface area contributed by atoms with Gasteiger partial charge in [-0.2, -0.15) is 0 Å². The summed E-state index contributed by atoms with van der Waals surface area (Å²) in [6.45, 7) is 5.57. The van der Waals surface area contributed by atoms with E-state index in [1.165, 1.54) is 0 Å². The van der Waals surface area contributed by atoms with Gasteiger partial charge in [-0.05, 0) is 50.1 Å². The van der Waals surface area contributed by atoms with E-state index in [1.807, 2.05) is 30.3 Å². The van der Waals surface area contributed by atoms with Crippen LogP contribution in [0.5, 0.6) is 5.75 Å². The molecule has 24 heavy (non-hydrogen) atoms. The standard InChI is InChI=1S/C19H23N3O2/c1-12-11-16(24-3)17-18(21-23)14-7-4-5-8-15(14)22(10-6-9-20)19(17)13(12)2/h4-5,7-8,11,23H,6,9-10,20H2,1-3H3/b21-18+. The summed E-state index contributed by atoms with van der Waals surface area (Å²) in [7, 11) is 1.64. The van der Waals surface area contributed by atoms with Gasteiger partial charge >= 0.3 is 0 Å². The maximum absolute atomic E-state index is 9.72. The molecule has 3 rings (SSSR count). The Hall–Kier alpha value is -2.53. The minimum atomic E-state index is 0.546. The highest BCUT2D eigenvalue weighted by molar-refractivity contribution is 5.98. The number of ether oxygens (including phenoxy) is 1. The van der Waals surface area contributed by atoms with Gasteiger partial charge in [0.1, 0.15) is 11.1 Å². The lowest BCUT2D eigenvalue weighted by molar-refractivity contribution is 0.303. The van der Waals surface area contributed by atoms with Crippen molar-refractivity contribution in [3.8, 4) is 5.75 Å². The Morgan fingerprint density at radius 3 is 2.67 bits per heavy atom. The number of pyridine rings is 1. The van der Waals surface area contributed by atoms with Crippen molar-refractivity contribution in [1.82, 2.24) is 4.57 Å². The predicted molar refractivity (Wildman–Crippen MR) is 96.5 cm³/mol. The second-order valence-corrected chi connectivity index (χ2v) is 6.00. The molecule has 5 heteroatoms. The summed E-state index contributed by atoms with van der Waals surface area (Å²) in [6, 6.07) is 9.96. The van der Waals surface area contributed by atoms with Crippen molar-refractivity contribution >= 4 is 21.8 Å². The number of aromatic nitrogens is 1. The lowest BCUT2D eigenvalue weighted by Crippen LogP contribution is -2.16. The van der Waals surface area contributed by atoms with E-state index in [1.54, 1.807) is 7.11 Å². The minimum absolute atomic E-state index is 0.546. The molecule has 1 heterocycles. The number of benzene rings is 2. The van der Waals surface area contributed by atoms with Gasteiger partial charge in [-0.15, -0.1) is 0 Å². The molecule has 0 aliphatic carbocycles. The van der Waals surface area contributed by atoms with E-state index in [4.69, 9.17) is 10.5 Å². The number of nitrogens with two attached hydrogens (primary N) is 1. The molecule has 0 unspecified atom stereocenters. The molecule has 126 valence electrons. The van der Waals surface area contributed by atoms with Crippen molar-refractivity contribution in [2.45, 2.75) is 26.8 Å². The second kappa shape index (κ2) is 6.53. The summed E-state index contributed by atoms with van der Waals surface area (Å²) in [5.74, 6) is 0.716. The Balaban J connectivity index is 2.64. The van der Waals surface area contributed by atoms with Crippen LogP contribution in [0.4, 0.5) is 0 Å². The molecule has 0 radical (unpaired) electrons. The molecule has 3 aromatic rings. The molecule has 0 bridgehead atoms. The van der Waals surface area contributed by atoms with Gasteiger partial charge in [0.15, 0.2) is 0 Å². The lowest BCUT2D eigenvalue weighted by Gasteiger charge is -2.20. The van der Waals surface area contributed by atoms with Crippen LogP contribution in [0.25, 0.3) is 21.8 Å². The fourth-order valence-corrected chi connectivity index (χ4v) is 3.35. The minimum Gasteiger partial charge on any atom is -0.496 e. The number of hydrogen-bond donors (Lipinski definition) is 2. The van der Waals surface area contributed by atoms with Crippen LogP contribution in [0.1, 0.15) is 17.5 Å². The lowest BCUT2D eigenvalue weighted by atomic mass is 10.0. The van der Waals surface area contributed by atoms with Crippen molar-refractivity contribution in [2.24, 2.45) is 10.9 Å². The molecule has 0 atom stereocenters. The topological polar surface area (TPSA) is 72.8 Å². The SMILES string of the molecule is COc1cc(C)c(C)c2c1/c(=N/O)c1ccccc1n2CCCN. The van der Waals surface area contributed by atoms with Crippen LogP contribution < -0.4 is 15.8 Å². The van der Waals surface area contributed by atoms with Crippen LogP contribution in [0.3, 0.4) is 0 Å². The fraction of sp³-hybridized carbons (Fsp3) is 0.316. The Kier molecular flexibility index (Phi) is 4.44. The molecule has 0 aliphatic heterocycles. The van der Waals surface area contributed by atoms with Gasteiger partial charge in [0.2, 0.25) is 0 Å². The zero-order chi connectivity index (χ0) is 17.3. The first-order valence-corrected chi connectivity index (χ1v) is 8.11. The van der Waals surface area contributed by atoms with E-state index in [9.17, 15) is 5.21 Å². The summed E-state index contributed by atoms with van der Waals surface area (Å²) in [5.41, 5.74) is 10.1. The predicted octanol–water partition coefficient (Wildman–Crippen LogP) is 3.06. The Bertz CT molecular complexity index is 974. The largest absolute Gasteiger partial charge is 0.496 e. The van der Waals surface area contributed by atoms with E-state index in [2.05, 4.69) is 23.6 Å². The monoisotopic (exact) mass is 325 g/mol. The number of methoxy groups -OCH3 is 1. The first kappa shape index (κ1) is 16.3. The third-order valence-electron chi connectivity index (χ3n) is 4.64. The third kappa shape index (κ3) is 2.41. The van der Waals surface area contributed by atoms with E-state index >= 15 is 0 Å². The molecule has 0 amide bonds. The molecule has 0 spiro atoms. The van der Waals surface area contributed by atoms with Gasteiger partial charge in [0, 0.05) is 11.9 Å². The molecule has 2 aromatic carbocycles. The molecule has 1 aromatic heterocycles. The molecule has 5 nitrogen and oxygen atoms in total. The highest BCUT2D eigenvalue weighted by Crippen LogP contribution is 2.31. The van der Waals surface area contributed by atoms with Crippen LogP contribution in [-0.2, 0) is 6.54 Å². The molecule has 3 N–H and O–H groups in total. The number of fused-ring (bicyclic) bond motifs is 2. The normalized spacial score (nSPS) is 12.2. The quantitative estimate of drug-likeness (QED) is 0.440. The van der Waals surface area contributed by atoms with Crippen molar-refractivity contribution in [3.63, 3.8) is 0 Å². The van der Waals surface area contributed by atoms with Gasteiger partial charge in [0.25, 0.3) is 0 Å². The van der Waals surface area contributed by atoms with E-state index in [0.29, 0.717) is 17.7 Å². The molecular weight excluding hydrogens is 302 g/mol. The zero-order valence-corrected chi connectivity index (χ0v) is 14.3. The summed E-state index contributed by atoms with van der Waals surface area (Å²) in [4.78, 5) is 0. The third-order valence-corrected chi connectivity index (χ3v) is 4.64. The van der Waals surface area contributed by atoms with Gasteiger partial charge < -0.3 is 20.2 Å². The molecule has 0 saturated carbocycles. The maximum Gasteiger partial charge on any atom is 0.130 e. The van der Waals surface area contributed by atoms with Crippen LogP contribution >= 0.6 is 0 Å². The van der Waals surface area contributed by atoms with E-state index in [0.717, 1.165) is 45.9 Å². The number of rotatable bonds is 4. The number of nitrogens with zero attached hydrogens (tertiary/aromatic N) is 2. The van der Waals surface area contributed by atoms with Crippen LogP contribution in [0, 0.1) is 13.8 Å². The summed E-state index contributed by atoms with van der Waals surface area (Å²) in [5, 5.41) is 15.6. The Labute approximate surface area is 141 Å². The number of para-hydroxylation sites is 1. The van der Waals surface area contributed by atoms with Crippen LogP contribution in [0.15, 0.2) is 35.5 Å². The van der Waals surface area contributed by atoms with Crippen molar-refractivity contribution in [3.05, 3.63) is 46.8 Å². The number of hydrogen-bond acceptors (Lipinski definition) is 4. The first-order valence-electron chi connectivity index (χ1n) is 8.11. The average molecular weight is 325 g/mol. The maximum atomic E-state index is 9.72. The van der Waals surface area contributed by atoms with Gasteiger partial charge in [-0.1, -0.05) is 23.4 Å². The van der Waals surface area contributed by atoms with Crippen molar-refractivity contribution in [2.75, 3.05) is 13.7 Å². The summed E-state index contributed by atoms with van der Waals surface area (Å²) >= 11 is 0. The molecule has 0 fully saturated rings. The molecule has 0 saturated heterocycles. The van der Waals surface area contributed by atoms with Gasteiger partial charge in [-0.25, -0.2) is 0 Å². The average Bonchev–Trinajstić information content (AvgIpc) is 2.61. The van der Waals surface area contributed by atoms with Crippen molar-refractivity contribution in [1.29, 1.82) is 0 Å². The van der Waals surface area contributed by atoms with E-state index < -0.39 is 0 Å². The zero-order valence-electron chi connectivity index (χ0n) is 14.3. The Morgan fingerprint density at radius 2 is 2.00 bits per heavy atom. The van der Waals surface area contributed by atoms with Gasteiger partial charge in [-0.3, -0.25) is 0 Å².